The lowest BCUT2D eigenvalue weighted by Gasteiger charge is -2.46. The van der Waals surface area contributed by atoms with Crippen LogP contribution in [0, 0.1) is 0 Å². The fraction of sp³-hybridized carbons (Fsp3) is 0.827. The molecule has 0 radical (unpaired) electrons. The van der Waals surface area contributed by atoms with Gasteiger partial charge in [-0.1, -0.05) is 286 Å². The Labute approximate surface area is 542 Å². The van der Waals surface area contributed by atoms with E-state index in [2.05, 4.69) is 79.9 Å². The van der Waals surface area contributed by atoms with Crippen LogP contribution in [0.15, 0.2) is 72.9 Å². The monoisotopic (exact) mass is 1260 g/mol. The first kappa shape index (κ1) is 82.5. The number of aliphatic hydroxyl groups excluding tert-OH is 8. The number of aliphatic hydroxyl groups is 8. The largest absolute Gasteiger partial charge is 0.394 e. The van der Waals surface area contributed by atoms with Gasteiger partial charge in [0.2, 0.25) is 5.91 Å². The first-order valence-electron chi connectivity index (χ1n) is 36.7. The average Bonchev–Trinajstić information content (AvgIpc) is 3.06. The van der Waals surface area contributed by atoms with Gasteiger partial charge in [0, 0.05) is 6.42 Å². The second kappa shape index (κ2) is 59.2. The van der Waals surface area contributed by atoms with Crippen LogP contribution in [-0.4, -0.2) is 140 Å². The van der Waals surface area contributed by atoms with Crippen molar-refractivity contribution in [2.24, 2.45) is 0 Å². The highest BCUT2D eigenvalue weighted by Gasteiger charge is 2.51. The molecule has 2 aliphatic heterocycles. The summed E-state index contributed by atoms with van der Waals surface area (Å²) in [5.41, 5.74) is 0. The molecule has 14 nitrogen and oxygen atoms in total. The summed E-state index contributed by atoms with van der Waals surface area (Å²) in [6, 6.07) is -0.938. The zero-order valence-corrected chi connectivity index (χ0v) is 56.4. The van der Waals surface area contributed by atoms with E-state index in [0.29, 0.717) is 12.8 Å². The van der Waals surface area contributed by atoms with E-state index < -0.39 is 86.8 Å². The molecule has 2 fully saturated rings. The van der Waals surface area contributed by atoms with Crippen LogP contribution < -0.4 is 5.32 Å². The zero-order valence-electron chi connectivity index (χ0n) is 56.4. The number of carbonyl (C=O) groups excluding carboxylic acids is 1. The van der Waals surface area contributed by atoms with E-state index in [-0.39, 0.29) is 18.9 Å². The summed E-state index contributed by atoms with van der Waals surface area (Å²) in [6.07, 6.45) is 64.3. The molecule has 9 N–H and O–H groups in total. The standard InChI is InChI=1S/C75H135NO13/c1-3-5-7-9-11-13-15-17-19-20-21-22-23-24-25-26-27-28-29-30-31-32-33-34-35-36-37-38-39-40-41-42-43-44-45-47-49-51-53-55-57-59-67(80)76-63(64(79)58-56-54-52-50-48-46-18-16-14-12-10-8-6-4-2)62-86-74-72(85)70(83)73(66(61-78)88-74)89-75-71(84)69(82)68(81)65(60-77)87-75/h14-17,20-21,23-24,48,50,56,58,63-66,68-75,77-79,81-85H,3-13,18-19,22,25-47,49,51-55,57,59-62H2,1-2H3,(H,76,80)/b16-14+,17-15-,21-20-,24-23-,50-48+,58-56+. The Morgan fingerprint density at radius 1 is 0.404 bits per heavy atom. The molecule has 2 saturated heterocycles. The van der Waals surface area contributed by atoms with E-state index in [1.54, 1.807) is 6.08 Å². The van der Waals surface area contributed by atoms with Gasteiger partial charge < -0.3 is 65.1 Å². The topological polar surface area (TPSA) is 228 Å². The van der Waals surface area contributed by atoms with E-state index in [9.17, 15) is 45.6 Å². The van der Waals surface area contributed by atoms with Crippen LogP contribution >= 0.6 is 0 Å². The Morgan fingerprint density at radius 3 is 1.19 bits per heavy atom. The first-order chi connectivity index (χ1) is 43.6. The van der Waals surface area contributed by atoms with Crippen molar-refractivity contribution in [3.63, 3.8) is 0 Å². The van der Waals surface area contributed by atoms with Crippen LogP contribution in [0.3, 0.4) is 0 Å². The highest BCUT2D eigenvalue weighted by Crippen LogP contribution is 2.30. The molecular formula is C75H135NO13. The summed E-state index contributed by atoms with van der Waals surface area (Å²) in [6.45, 7) is 2.75. The number of hydrogen-bond donors (Lipinski definition) is 9. The maximum Gasteiger partial charge on any atom is 0.220 e. The summed E-state index contributed by atoms with van der Waals surface area (Å²) < 4.78 is 22.8. The van der Waals surface area contributed by atoms with Gasteiger partial charge in [0.05, 0.1) is 32.0 Å². The molecule has 14 heteroatoms. The fourth-order valence-electron chi connectivity index (χ4n) is 11.7. The molecule has 0 saturated carbocycles. The molecule has 0 aliphatic carbocycles. The van der Waals surface area contributed by atoms with E-state index in [0.717, 1.165) is 57.8 Å². The first-order valence-corrected chi connectivity index (χ1v) is 36.7. The number of rotatable bonds is 60. The molecule has 2 aliphatic rings. The van der Waals surface area contributed by atoms with Gasteiger partial charge >= 0.3 is 0 Å². The molecule has 12 atom stereocenters. The minimum Gasteiger partial charge on any atom is -0.394 e. The van der Waals surface area contributed by atoms with E-state index >= 15 is 0 Å². The molecule has 2 rings (SSSR count). The Bertz CT molecular complexity index is 1770. The van der Waals surface area contributed by atoms with Crippen LogP contribution in [0.5, 0.6) is 0 Å². The third-order valence-electron chi connectivity index (χ3n) is 17.6. The molecule has 0 aromatic carbocycles. The van der Waals surface area contributed by atoms with Crippen LogP contribution in [0.2, 0.25) is 0 Å². The number of carbonyl (C=O) groups is 1. The Hall–Kier alpha value is -2.57. The van der Waals surface area contributed by atoms with E-state index in [4.69, 9.17) is 18.9 Å². The lowest BCUT2D eigenvalue weighted by atomic mass is 9.97. The van der Waals surface area contributed by atoms with Crippen molar-refractivity contribution in [1.82, 2.24) is 5.32 Å². The smallest absolute Gasteiger partial charge is 0.220 e. The van der Waals surface area contributed by atoms with Gasteiger partial charge in [-0.3, -0.25) is 4.79 Å². The van der Waals surface area contributed by atoms with E-state index in [1.807, 2.05) is 6.08 Å². The molecule has 0 aromatic heterocycles. The number of allylic oxidation sites excluding steroid dienone is 11. The molecule has 0 aromatic rings. The van der Waals surface area contributed by atoms with Crippen molar-refractivity contribution in [3.8, 4) is 0 Å². The number of hydrogen-bond acceptors (Lipinski definition) is 13. The molecule has 0 spiro atoms. The molecule has 518 valence electrons. The molecule has 0 bridgehead atoms. The third kappa shape index (κ3) is 43.1. The highest BCUT2D eigenvalue weighted by molar-refractivity contribution is 5.76. The quantitative estimate of drug-likeness (QED) is 0.0204. The van der Waals surface area contributed by atoms with Crippen molar-refractivity contribution >= 4 is 5.91 Å². The van der Waals surface area contributed by atoms with Crippen molar-refractivity contribution in [1.29, 1.82) is 0 Å². The van der Waals surface area contributed by atoms with E-state index in [1.165, 1.54) is 212 Å². The molecule has 2 heterocycles. The summed E-state index contributed by atoms with van der Waals surface area (Å²) in [7, 11) is 0. The van der Waals surface area contributed by atoms with Gasteiger partial charge in [0.25, 0.3) is 0 Å². The molecule has 1 amide bonds. The number of amides is 1. The fourth-order valence-corrected chi connectivity index (χ4v) is 11.7. The summed E-state index contributed by atoms with van der Waals surface area (Å²) in [5, 5.41) is 87.2. The highest BCUT2D eigenvalue weighted by atomic mass is 16.7. The van der Waals surface area contributed by atoms with Gasteiger partial charge in [-0.05, 0) is 83.5 Å². The second-order valence-corrected chi connectivity index (χ2v) is 25.7. The van der Waals surface area contributed by atoms with Crippen LogP contribution in [-0.2, 0) is 23.7 Å². The maximum atomic E-state index is 13.3. The number of nitrogens with one attached hydrogen (secondary N) is 1. The molecule has 12 unspecified atom stereocenters. The lowest BCUT2D eigenvalue weighted by molar-refractivity contribution is -0.359. The van der Waals surface area contributed by atoms with Crippen LogP contribution in [0.4, 0.5) is 0 Å². The van der Waals surface area contributed by atoms with Gasteiger partial charge in [-0.25, -0.2) is 0 Å². The predicted molar refractivity (Wildman–Crippen MR) is 364 cm³/mol. The van der Waals surface area contributed by atoms with Gasteiger partial charge in [0.1, 0.15) is 48.8 Å². The third-order valence-corrected chi connectivity index (χ3v) is 17.6. The Kier molecular flexibility index (Phi) is 54.9. The average molecular weight is 1260 g/mol. The molecule has 89 heavy (non-hydrogen) atoms. The zero-order chi connectivity index (χ0) is 64.5. The predicted octanol–water partition coefficient (Wildman–Crippen LogP) is 15.4. The Morgan fingerprint density at radius 2 is 0.753 bits per heavy atom. The maximum absolute atomic E-state index is 13.3. The number of unbranched alkanes of at least 4 members (excludes halogenated alkanes) is 37. The minimum absolute atomic E-state index is 0.251. The normalized spacial score (nSPS) is 23.4. The van der Waals surface area contributed by atoms with Gasteiger partial charge in [0.15, 0.2) is 12.6 Å². The van der Waals surface area contributed by atoms with Crippen molar-refractivity contribution in [2.45, 2.75) is 376 Å². The van der Waals surface area contributed by atoms with Crippen molar-refractivity contribution in [3.05, 3.63) is 72.9 Å². The summed E-state index contributed by atoms with van der Waals surface area (Å²) in [4.78, 5) is 13.3. The summed E-state index contributed by atoms with van der Waals surface area (Å²) in [5.74, 6) is -0.251. The number of ether oxygens (including phenoxy) is 4. The van der Waals surface area contributed by atoms with Crippen LogP contribution in [0.1, 0.15) is 303 Å². The molecular weight excluding hydrogens is 1120 g/mol. The van der Waals surface area contributed by atoms with Crippen molar-refractivity contribution in [2.75, 3.05) is 19.8 Å². The lowest BCUT2D eigenvalue weighted by Crippen LogP contribution is -2.65. The van der Waals surface area contributed by atoms with Crippen molar-refractivity contribution < 1.29 is 64.6 Å². The van der Waals surface area contributed by atoms with Gasteiger partial charge in [-0.2, -0.15) is 0 Å². The van der Waals surface area contributed by atoms with Gasteiger partial charge in [-0.15, -0.1) is 0 Å². The SMILES string of the molecule is CCCCCC/C=C/CC/C=C/CC/C=C/C(O)C(COC1OC(CO)C(OC2OC(CO)C(O)C(O)C2O)C(O)C1O)NC(=O)CCCCCCCCCCCCCCCCCCCCCCCCCCCC/C=C\C/C=C\C/C=C\CCCCCCC. The minimum atomic E-state index is -1.79. The summed E-state index contributed by atoms with van der Waals surface area (Å²) >= 11 is 0. The Balaban J connectivity index is 1.54. The van der Waals surface area contributed by atoms with Crippen LogP contribution in [0.25, 0.3) is 0 Å². The second-order valence-electron chi connectivity index (χ2n) is 25.7.